The molecule has 1 heterocycles. The van der Waals surface area contributed by atoms with Crippen molar-refractivity contribution in [3.05, 3.63) is 0 Å². The van der Waals surface area contributed by atoms with Crippen LogP contribution in [0.1, 0.15) is 13.3 Å². The number of carbonyl (C=O) groups is 1. The van der Waals surface area contributed by atoms with Gasteiger partial charge in [-0.3, -0.25) is 4.79 Å². The summed E-state index contributed by atoms with van der Waals surface area (Å²) in [5.74, 6) is 0.347. The molecule has 1 aliphatic heterocycles. The number of rotatable bonds is 8. The second-order valence-corrected chi connectivity index (χ2v) is 5.58. The fraction of sp³-hybridized carbons (Fsp3) is 0.923. The molecule has 0 spiro atoms. The average molecular weight is 306 g/mol. The van der Waals surface area contributed by atoms with Gasteiger partial charge >= 0.3 is 0 Å². The molecule has 6 N–H and O–H groups in total. The number of aliphatic hydroxyl groups excluding tert-OH is 5. The van der Waals surface area contributed by atoms with Gasteiger partial charge in [0.05, 0.1) is 12.7 Å². The van der Waals surface area contributed by atoms with E-state index >= 15 is 0 Å². The Morgan fingerprint density at radius 3 is 2.38 bits per heavy atom. The minimum absolute atomic E-state index is 0.0486. The maximum Gasteiger partial charge on any atom is 0.219 e. The normalized spacial score (nSPS) is 24.7. The number of likely N-dealkylation sites (tertiary alicyclic amines) is 1. The van der Waals surface area contributed by atoms with Crippen LogP contribution in [0.2, 0.25) is 0 Å². The van der Waals surface area contributed by atoms with Crippen LogP contribution in [-0.4, -0.2) is 93.5 Å². The van der Waals surface area contributed by atoms with E-state index in [0.29, 0.717) is 19.0 Å². The molecular formula is C13H26N2O6. The van der Waals surface area contributed by atoms with Crippen LogP contribution in [0.4, 0.5) is 0 Å². The zero-order chi connectivity index (χ0) is 16.0. The highest BCUT2D eigenvalue weighted by Gasteiger charge is 2.30. The van der Waals surface area contributed by atoms with Gasteiger partial charge in [0.1, 0.15) is 18.3 Å². The maximum atomic E-state index is 11.2. The molecule has 124 valence electrons. The Morgan fingerprint density at radius 1 is 1.24 bits per heavy atom. The minimum Gasteiger partial charge on any atom is -0.394 e. The van der Waals surface area contributed by atoms with Crippen molar-refractivity contribution < 1.29 is 30.3 Å². The number of amides is 1. The monoisotopic (exact) mass is 306 g/mol. The molecule has 0 aliphatic carbocycles. The van der Waals surface area contributed by atoms with Crippen LogP contribution in [0.25, 0.3) is 0 Å². The summed E-state index contributed by atoms with van der Waals surface area (Å²) in [6, 6.07) is 0. The van der Waals surface area contributed by atoms with Crippen LogP contribution >= 0.6 is 0 Å². The molecule has 21 heavy (non-hydrogen) atoms. The van der Waals surface area contributed by atoms with Gasteiger partial charge in [-0.2, -0.15) is 0 Å². The van der Waals surface area contributed by atoms with Gasteiger partial charge < -0.3 is 35.7 Å². The van der Waals surface area contributed by atoms with Gasteiger partial charge in [0.15, 0.2) is 0 Å². The quantitative estimate of drug-likeness (QED) is 0.279. The molecule has 8 heteroatoms. The maximum absolute atomic E-state index is 11.2. The Balaban J connectivity index is 2.24. The minimum atomic E-state index is -1.61. The number of aliphatic hydroxyl groups is 5. The fourth-order valence-electron chi connectivity index (χ4n) is 2.40. The molecule has 5 atom stereocenters. The Morgan fingerprint density at radius 2 is 1.86 bits per heavy atom. The summed E-state index contributed by atoms with van der Waals surface area (Å²) in [6.45, 7) is 2.88. The molecule has 0 aromatic heterocycles. The Bertz CT molecular complexity index is 330. The van der Waals surface area contributed by atoms with Crippen LogP contribution in [0.5, 0.6) is 0 Å². The summed E-state index contributed by atoms with van der Waals surface area (Å²) >= 11 is 0. The SMILES string of the molecule is CC(=O)N1CC[C@@H](CNC[C@H](O)[C@@H](O)[C@H](O)[C@H](O)CO)C1. The van der Waals surface area contributed by atoms with Crippen LogP contribution in [-0.2, 0) is 4.79 Å². The van der Waals surface area contributed by atoms with Crippen molar-refractivity contribution in [1.82, 2.24) is 10.2 Å². The molecule has 1 amide bonds. The van der Waals surface area contributed by atoms with Crippen LogP contribution in [0.3, 0.4) is 0 Å². The predicted octanol–water partition coefficient (Wildman–Crippen LogP) is -3.12. The molecule has 1 fully saturated rings. The van der Waals surface area contributed by atoms with Gasteiger partial charge in [-0.05, 0) is 18.9 Å². The lowest BCUT2D eigenvalue weighted by molar-refractivity contribution is -0.127. The first kappa shape index (κ1) is 18.3. The summed E-state index contributed by atoms with van der Waals surface area (Å²) in [6.07, 6.45) is -5.01. The molecule has 0 saturated carbocycles. The van der Waals surface area contributed by atoms with Crippen molar-refractivity contribution in [2.75, 3.05) is 32.8 Å². The predicted molar refractivity (Wildman–Crippen MR) is 74.3 cm³/mol. The van der Waals surface area contributed by atoms with Crippen molar-refractivity contribution >= 4 is 5.91 Å². The summed E-state index contributed by atoms with van der Waals surface area (Å²) in [5, 5.41) is 49.7. The van der Waals surface area contributed by atoms with Crippen LogP contribution in [0, 0.1) is 5.92 Å². The van der Waals surface area contributed by atoms with E-state index in [-0.39, 0.29) is 12.5 Å². The summed E-state index contributed by atoms with van der Waals surface area (Å²) in [7, 11) is 0. The molecule has 1 rings (SSSR count). The van der Waals surface area contributed by atoms with Gasteiger partial charge in [0.2, 0.25) is 5.91 Å². The molecule has 0 aromatic carbocycles. The van der Waals surface area contributed by atoms with Gasteiger partial charge in [-0.25, -0.2) is 0 Å². The molecule has 8 nitrogen and oxygen atoms in total. The van der Waals surface area contributed by atoms with E-state index in [0.717, 1.165) is 13.0 Å². The summed E-state index contributed by atoms with van der Waals surface area (Å²) in [5.41, 5.74) is 0. The van der Waals surface area contributed by atoms with Crippen molar-refractivity contribution in [2.45, 2.75) is 37.8 Å². The van der Waals surface area contributed by atoms with Crippen molar-refractivity contribution in [1.29, 1.82) is 0 Å². The van der Waals surface area contributed by atoms with Gasteiger partial charge in [0.25, 0.3) is 0 Å². The van der Waals surface area contributed by atoms with E-state index in [1.54, 1.807) is 4.90 Å². The van der Waals surface area contributed by atoms with Gasteiger partial charge in [-0.1, -0.05) is 0 Å². The lowest BCUT2D eigenvalue weighted by atomic mass is 10.0. The van der Waals surface area contributed by atoms with E-state index in [4.69, 9.17) is 5.11 Å². The lowest BCUT2D eigenvalue weighted by Gasteiger charge is -2.26. The standard InChI is InChI=1S/C13H26N2O6/c1-8(17)15-3-2-9(6-15)4-14-5-10(18)12(20)13(21)11(19)7-16/h9-14,16,18-21H,2-7H2,1H3/t9-,10-,11+,12+,13+/m0/s1. The number of hydrogen-bond donors (Lipinski definition) is 6. The average Bonchev–Trinajstić information content (AvgIpc) is 2.93. The molecule has 0 bridgehead atoms. The Kier molecular flexibility index (Phi) is 7.50. The molecule has 0 unspecified atom stereocenters. The molecule has 1 aliphatic rings. The third-order valence-electron chi connectivity index (χ3n) is 3.84. The highest BCUT2D eigenvalue weighted by atomic mass is 16.4. The van der Waals surface area contributed by atoms with Gasteiger partial charge in [0, 0.05) is 26.6 Å². The topological polar surface area (TPSA) is 133 Å². The largest absolute Gasteiger partial charge is 0.394 e. The lowest BCUT2D eigenvalue weighted by Crippen LogP contribution is -2.49. The van der Waals surface area contributed by atoms with Gasteiger partial charge in [-0.15, -0.1) is 0 Å². The Hall–Kier alpha value is -0.770. The third kappa shape index (κ3) is 5.50. The zero-order valence-corrected chi connectivity index (χ0v) is 12.2. The van der Waals surface area contributed by atoms with Crippen molar-refractivity contribution in [2.24, 2.45) is 5.92 Å². The van der Waals surface area contributed by atoms with Crippen molar-refractivity contribution in [3.8, 4) is 0 Å². The van der Waals surface area contributed by atoms with E-state index in [9.17, 15) is 25.2 Å². The highest BCUT2D eigenvalue weighted by molar-refractivity contribution is 5.73. The van der Waals surface area contributed by atoms with E-state index in [1.807, 2.05) is 0 Å². The van der Waals surface area contributed by atoms with Crippen molar-refractivity contribution in [3.63, 3.8) is 0 Å². The number of nitrogens with one attached hydrogen (secondary N) is 1. The van der Waals surface area contributed by atoms with E-state index in [1.165, 1.54) is 6.92 Å². The highest BCUT2D eigenvalue weighted by Crippen LogP contribution is 2.15. The summed E-state index contributed by atoms with van der Waals surface area (Å²) < 4.78 is 0. The number of carbonyl (C=O) groups excluding carboxylic acids is 1. The number of nitrogens with zero attached hydrogens (tertiary/aromatic N) is 1. The molecule has 1 saturated heterocycles. The first-order chi connectivity index (χ1) is 9.86. The second kappa shape index (κ2) is 8.62. The van der Waals surface area contributed by atoms with E-state index in [2.05, 4.69) is 5.32 Å². The molecule has 0 radical (unpaired) electrons. The van der Waals surface area contributed by atoms with E-state index < -0.39 is 31.0 Å². The first-order valence-corrected chi connectivity index (χ1v) is 7.16. The molecular weight excluding hydrogens is 280 g/mol. The van der Waals surface area contributed by atoms with Crippen LogP contribution in [0.15, 0.2) is 0 Å². The summed E-state index contributed by atoms with van der Waals surface area (Å²) in [4.78, 5) is 13.0. The third-order valence-corrected chi connectivity index (χ3v) is 3.84. The smallest absolute Gasteiger partial charge is 0.219 e. The fourth-order valence-corrected chi connectivity index (χ4v) is 2.40. The molecule has 0 aromatic rings. The van der Waals surface area contributed by atoms with Crippen LogP contribution < -0.4 is 5.32 Å². The Labute approximate surface area is 124 Å². The second-order valence-electron chi connectivity index (χ2n) is 5.58. The zero-order valence-electron chi connectivity index (χ0n) is 12.2. The number of hydrogen-bond acceptors (Lipinski definition) is 7. The first-order valence-electron chi connectivity index (χ1n) is 7.16.